The molecule has 0 saturated heterocycles. The van der Waals surface area contributed by atoms with Crippen molar-refractivity contribution in [1.29, 1.82) is 0 Å². The van der Waals surface area contributed by atoms with Crippen molar-refractivity contribution < 1.29 is 4.74 Å². The van der Waals surface area contributed by atoms with Crippen LogP contribution >= 0.6 is 15.9 Å². The van der Waals surface area contributed by atoms with E-state index in [2.05, 4.69) is 31.3 Å². The maximum absolute atomic E-state index is 5.23. The lowest BCUT2D eigenvalue weighted by Crippen LogP contribution is -2.06. The molecule has 0 atom stereocenters. The third-order valence-electron chi connectivity index (χ3n) is 2.41. The maximum Gasteiger partial charge on any atom is 0.145 e. The molecular formula is C11H13BrN4O. The van der Waals surface area contributed by atoms with E-state index >= 15 is 0 Å². The van der Waals surface area contributed by atoms with Crippen LogP contribution in [-0.2, 0) is 13.6 Å². The molecule has 0 spiro atoms. The highest BCUT2D eigenvalue weighted by atomic mass is 79.9. The summed E-state index contributed by atoms with van der Waals surface area (Å²) in [6, 6.07) is 5.85. The lowest BCUT2D eigenvalue weighted by atomic mass is 10.3. The van der Waals surface area contributed by atoms with Gasteiger partial charge in [0.2, 0.25) is 0 Å². The molecule has 0 bridgehead atoms. The summed E-state index contributed by atoms with van der Waals surface area (Å²) in [4.78, 5) is 4.14. The van der Waals surface area contributed by atoms with Crippen molar-refractivity contribution >= 4 is 21.6 Å². The van der Waals surface area contributed by atoms with Crippen LogP contribution in [0.25, 0.3) is 0 Å². The summed E-state index contributed by atoms with van der Waals surface area (Å²) < 4.78 is 7.90. The number of benzene rings is 1. The van der Waals surface area contributed by atoms with Crippen LogP contribution < -0.4 is 10.1 Å². The molecule has 0 unspecified atom stereocenters. The van der Waals surface area contributed by atoms with Gasteiger partial charge in [-0.15, -0.1) is 0 Å². The number of nitrogens with one attached hydrogen (secondary N) is 1. The van der Waals surface area contributed by atoms with Crippen LogP contribution in [0.4, 0.5) is 5.69 Å². The average Bonchev–Trinajstić information content (AvgIpc) is 2.74. The van der Waals surface area contributed by atoms with Crippen LogP contribution in [0.3, 0.4) is 0 Å². The second kappa shape index (κ2) is 5.18. The highest BCUT2D eigenvalue weighted by molar-refractivity contribution is 9.10. The quantitative estimate of drug-likeness (QED) is 0.940. The van der Waals surface area contributed by atoms with Crippen molar-refractivity contribution in [1.82, 2.24) is 14.8 Å². The monoisotopic (exact) mass is 296 g/mol. The molecule has 5 nitrogen and oxygen atoms in total. The number of ether oxygens (including phenoxy) is 1. The molecule has 0 aliphatic carbocycles. The van der Waals surface area contributed by atoms with Crippen molar-refractivity contribution in [3.8, 4) is 5.75 Å². The van der Waals surface area contributed by atoms with E-state index in [0.717, 1.165) is 21.7 Å². The number of hydrogen-bond acceptors (Lipinski definition) is 4. The molecule has 1 heterocycles. The summed E-state index contributed by atoms with van der Waals surface area (Å²) in [6.07, 6.45) is 1.54. The Labute approximate surface area is 108 Å². The van der Waals surface area contributed by atoms with Crippen molar-refractivity contribution in [3.63, 3.8) is 0 Å². The molecule has 1 aromatic heterocycles. The second-order valence-corrected chi connectivity index (χ2v) is 4.36. The van der Waals surface area contributed by atoms with E-state index in [-0.39, 0.29) is 0 Å². The predicted molar refractivity (Wildman–Crippen MR) is 69.0 cm³/mol. The molecule has 0 aliphatic rings. The number of halogens is 1. The molecule has 2 aromatic rings. The first kappa shape index (κ1) is 11.9. The van der Waals surface area contributed by atoms with Crippen LogP contribution in [0.1, 0.15) is 5.82 Å². The summed E-state index contributed by atoms with van der Waals surface area (Å²) in [7, 11) is 3.51. The van der Waals surface area contributed by atoms with Crippen LogP contribution in [0, 0.1) is 0 Å². The van der Waals surface area contributed by atoms with Gasteiger partial charge in [0.05, 0.1) is 18.1 Å². The Balaban J connectivity index is 2.07. The third kappa shape index (κ3) is 2.76. The largest absolute Gasteiger partial charge is 0.495 e. The normalized spacial score (nSPS) is 10.3. The number of aryl methyl sites for hydroxylation is 1. The van der Waals surface area contributed by atoms with E-state index in [1.54, 1.807) is 18.1 Å². The van der Waals surface area contributed by atoms with E-state index < -0.39 is 0 Å². The van der Waals surface area contributed by atoms with Crippen molar-refractivity contribution in [3.05, 3.63) is 34.8 Å². The Morgan fingerprint density at radius 2 is 2.29 bits per heavy atom. The van der Waals surface area contributed by atoms with E-state index in [4.69, 9.17) is 4.74 Å². The highest BCUT2D eigenvalue weighted by Gasteiger charge is 2.03. The molecule has 0 aliphatic heterocycles. The smallest absolute Gasteiger partial charge is 0.145 e. The van der Waals surface area contributed by atoms with Gasteiger partial charge in [-0.05, 0) is 28.1 Å². The molecule has 0 saturated carbocycles. The van der Waals surface area contributed by atoms with Gasteiger partial charge in [0.1, 0.15) is 17.9 Å². The van der Waals surface area contributed by atoms with Gasteiger partial charge in [0.25, 0.3) is 0 Å². The fourth-order valence-electron chi connectivity index (χ4n) is 1.43. The van der Waals surface area contributed by atoms with Gasteiger partial charge in [-0.1, -0.05) is 0 Å². The number of rotatable bonds is 4. The van der Waals surface area contributed by atoms with Crippen molar-refractivity contribution in [2.24, 2.45) is 7.05 Å². The first-order chi connectivity index (χ1) is 8.20. The number of anilines is 1. The Morgan fingerprint density at radius 3 is 2.94 bits per heavy atom. The average molecular weight is 297 g/mol. The standard InChI is InChI=1S/C11H13BrN4O/c1-16-11(14-7-15-16)6-13-8-3-4-9(12)10(5-8)17-2/h3-5,7,13H,6H2,1-2H3. The van der Waals surface area contributed by atoms with Crippen LogP contribution in [0.2, 0.25) is 0 Å². The molecular weight excluding hydrogens is 284 g/mol. The van der Waals surface area contributed by atoms with Gasteiger partial charge >= 0.3 is 0 Å². The minimum absolute atomic E-state index is 0.626. The molecule has 0 fully saturated rings. The van der Waals surface area contributed by atoms with Crippen molar-refractivity contribution in [2.45, 2.75) is 6.54 Å². The van der Waals surface area contributed by atoms with Crippen LogP contribution in [0.15, 0.2) is 29.0 Å². The minimum atomic E-state index is 0.626. The topological polar surface area (TPSA) is 52.0 Å². The number of methoxy groups -OCH3 is 1. The Morgan fingerprint density at radius 1 is 1.47 bits per heavy atom. The SMILES string of the molecule is COc1cc(NCc2ncnn2C)ccc1Br. The van der Waals surface area contributed by atoms with E-state index in [0.29, 0.717) is 6.54 Å². The lowest BCUT2D eigenvalue weighted by molar-refractivity contribution is 0.412. The van der Waals surface area contributed by atoms with Gasteiger partial charge in [-0.3, -0.25) is 4.68 Å². The molecule has 1 N–H and O–H groups in total. The zero-order valence-corrected chi connectivity index (χ0v) is 11.2. The van der Waals surface area contributed by atoms with Gasteiger partial charge in [0.15, 0.2) is 0 Å². The molecule has 0 radical (unpaired) electrons. The summed E-state index contributed by atoms with van der Waals surface area (Å²) in [6.45, 7) is 0.626. The van der Waals surface area contributed by atoms with Crippen molar-refractivity contribution in [2.75, 3.05) is 12.4 Å². The summed E-state index contributed by atoms with van der Waals surface area (Å²) >= 11 is 3.41. The number of nitrogens with zero attached hydrogens (tertiary/aromatic N) is 3. The molecule has 2 rings (SSSR count). The summed E-state index contributed by atoms with van der Waals surface area (Å²) in [5, 5.41) is 7.28. The van der Waals surface area contributed by atoms with E-state index in [1.165, 1.54) is 0 Å². The van der Waals surface area contributed by atoms with Gasteiger partial charge < -0.3 is 10.1 Å². The minimum Gasteiger partial charge on any atom is -0.495 e. The zero-order chi connectivity index (χ0) is 12.3. The molecule has 0 amide bonds. The zero-order valence-electron chi connectivity index (χ0n) is 9.64. The molecule has 6 heteroatoms. The summed E-state index contributed by atoms with van der Waals surface area (Å²) in [5.41, 5.74) is 0.980. The van der Waals surface area contributed by atoms with Gasteiger partial charge in [-0.2, -0.15) is 5.10 Å². The van der Waals surface area contributed by atoms with E-state index in [1.807, 2.05) is 25.2 Å². The summed E-state index contributed by atoms with van der Waals surface area (Å²) in [5.74, 6) is 1.68. The molecule has 17 heavy (non-hydrogen) atoms. The Kier molecular flexibility index (Phi) is 3.63. The Bertz CT molecular complexity index is 512. The molecule has 90 valence electrons. The molecule has 1 aromatic carbocycles. The maximum atomic E-state index is 5.23. The van der Waals surface area contributed by atoms with Gasteiger partial charge in [0, 0.05) is 18.8 Å². The van der Waals surface area contributed by atoms with E-state index in [9.17, 15) is 0 Å². The highest BCUT2D eigenvalue weighted by Crippen LogP contribution is 2.27. The fourth-order valence-corrected chi connectivity index (χ4v) is 1.84. The Hall–Kier alpha value is -1.56. The van der Waals surface area contributed by atoms with Crippen LogP contribution in [0.5, 0.6) is 5.75 Å². The second-order valence-electron chi connectivity index (χ2n) is 3.50. The predicted octanol–water partition coefficient (Wildman–Crippen LogP) is 2.20. The van der Waals surface area contributed by atoms with Crippen LogP contribution in [-0.4, -0.2) is 21.9 Å². The lowest BCUT2D eigenvalue weighted by Gasteiger charge is -2.08. The first-order valence-corrected chi connectivity index (χ1v) is 5.90. The number of aromatic nitrogens is 3. The third-order valence-corrected chi connectivity index (χ3v) is 3.06. The first-order valence-electron chi connectivity index (χ1n) is 5.11. The van der Waals surface area contributed by atoms with Gasteiger partial charge in [-0.25, -0.2) is 4.98 Å². The number of hydrogen-bond donors (Lipinski definition) is 1. The fraction of sp³-hybridized carbons (Fsp3) is 0.273.